The van der Waals surface area contributed by atoms with E-state index < -0.39 is 0 Å². The average Bonchev–Trinajstić information content (AvgIpc) is 3.21. The van der Waals surface area contributed by atoms with Gasteiger partial charge in [-0.3, -0.25) is 0 Å². The molecule has 58 heavy (non-hydrogen) atoms. The molecule has 0 radical (unpaired) electrons. The Kier molecular flexibility index (Phi) is 10.2. The fourth-order valence-electron chi connectivity index (χ4n) is 8.36. The van der Waals surface area contributed by atoms with Gasteiger partial charge in [0.25, 0.3) is 0 Å². The number of hydrogen-bond donors (Lipinski definition) is 0. The summed E-state index contributed by atoms with van der Waals surface area (Å²) in [6.07, 6.45) is 0. The van der Waals surface area contributed by atoms with Crippen LogP contribution in [-0.4, -0.2) is 0 Å². The Labute approximate surface area is 346 Å². The Hall–Kier alpha value is -5.86. The van der Waals surface area contributed by atoms with Gasteiger partial charge in [-0.1, -0.05) is 166 Å². The first-order chi connectivity index (χ1) is 27.7. The molecule has 8 aromatic carbocycles. The van der Waals surface area contributed by atoms with Gasteiger partial charge in [-0.15, -0.1) is 0 Å². The lowest BCUT2D eigenvalue weighted by Crippen LogP contribution is -2.14. The Balaban J connectivity index is 1.50. The molecule has 0 atom stereocenters. The summed E-state index contributed by atoms with van der Waals surface area (Å²) in [7, 11) is 0. The van der Waals surface area contributed by atoms with Gasteiger partial charge in [0.1, 0.15) is 0 Å². The van der Waals surface area contributed by atoms with E-state index >= 15 is 0 Å². The topological polar surface area (TPSA) is 6.48 Å². The van der Waals surface area contributed by atoms with Crippen molar-refractivity contribution in [3.63, 3.8) is 0 Å². The number of fused-ring (bicyclic) bond motifs is 5. The first kappa shape index (κ1) is 39.0. The Morgan fingerprint density at radius 1 is 0.328 bits per heavy atom. The maximum absolute atomic E-state index is 2.47. The van der Waals surface area contributed by atoms with Crippen molar-refractivity contribution in [3.05, 3.63) is 180 Å². The number of nitrogens with zero attached hydrogens (tertiary/aromatic N) is 2. The summed E-state index contributed by atoms with van der Waals surface area (Å²) in [6, 6.07) is 59.4. The molecule has 0 unspecified atom stereocenters. The van der Waals surface area contributed by atoms with Gasteiger partial charge in [0.15, 0.2) is 0 Å². The highest BCUT2D eigenvalue weighted by atomic mass is 15.1. The minimum atomic E-state index is 0.0615. The van der Waals surface area contributed by atoms with Crippen molar-refractivity contribution in [1.29, 1.82) is 0 Å². The molecule has 0 saturated carbocycles. The van der Waals surface area contributed by atoms with Gasteiger partial charge < -0.3 is 9.80 Å². The summed E-state index contributed by atoms with van der Waals surface area (Å²) >= 11 is 0. The standard InChI is InChI=1S/C56H58N2/c1-37(2)39-21-31-47-49(33-39)51-35-54(58(44-19-15-12-16-20-44)46-29-25-42(26-30-46)56(8,9)10)48-32-22-40(38(3)4)34-50(48)52(51)36-53(47)57(43-17-13-11-14-18-43)45-27-23-41(24-28-45)55(5,6)7/h11-38H,1-10H3. The van der Waals surface area contributed by atoms with Crippen LogP contribution in [0.25, 0.3) is 32.3 Å². The van der Waals surface area contributed by atoms with Crippen LogP contribution in [0, 0.1) is 0 Å². The minimum Gasteiger partial charge on any atom is -0.310 e. The van der Waals surface area contributed by atoms with E-state index in [4.69, 9.17) is 0 Å². The second-order valence-electron chi connectivity index (χ2n) is 18.7. The first-order valence-corrected chi connectivity index (χ1v) is 21.1. The molecule has 0 spiro atoms. The summed E-state index contributed by atoms with van der Waals surface area (Å²) in [5.74, 6) is 0.765. The summed E-state index contributed by atoms with van der Waals surface area (Å²) in [5, 5.41) is 7.50. The zero-order valence-electron chi connectivity index (χ0n) is 36.1. The molecule has 0 amide bonds. The highest BCUT2D eigenvalue weighted by Crippen LogP contribution is 2.49. The van der Waals surface area contributed by atoms with Crippen LogP contribution < -0.4 is 9.80 Å². The summed E-state index contributed by atoms with van der Waals surface area (Å²) in [4.78, 5) is 4.92. The largest absolute Gasteiger partial charge is 0.310 e. The lowest BCUT2D eigenvalue weighted by atomic mass is 9.87. The second-order valence-corrected chi connectivity index (χ2v) is 18.7. The SMILES string of the molecule is CC(C)c1ccc2c(N(c3ccccc3)c3ccc(C(C)(C)C)cc3)cc3c4cc(C(C)C)ccc4c(N(c4ccccc4)c4ccc(C(C)(C)C)cc4)cc3c2c1. The molecular formula is C56H58N2. The van der Waals surface area contributed by atoms with E-state index in [0.717, 1.165) is 22.7 Å². The van der Waals surface area contributed by atoms with Crippen molar-refractivity contribution in [2.45, 2.75) is 91.9 Å². The second kappa shape index (κ2) is 15.1. The monoisotopic (exact) mass is 758 g/mol. The van der Waals surface area contributed by atoms with Crippen LogP contribution in [-0.2, 0) is 10.8 Å². The lowest BCUT2D eigenvalue weighted by molar-refractivity contribution is 0.590. The van der Waals surface area contributed by atoms with Crippen molar-refractivity contribution in [1.82, 2.24) is 0 Å². The Bertz CT molecular complexity index is 2520. The van der Waals surface area contributed by atoms with E-state index in [-0.39, 0.29) is 10.8 Å². The maximum atomic E-state index is 2.47. The highest BCUT2D eigenvalue weighted by molar-refractivity contribution is 6.24. The molecule has 0 fully saturated rings. The van der Waals surface area contributed by atoms with E-state index in [1.807, 2.05) is 0 Å². The molecule has 8 rings (SSSR count). The molecule has 0 aliphatic carbocycles. The normalized spacial score (nSPS) is 12.3. The van der Waals surface area contributed by atoms with Gasteiger partial charge in [0.2, 0.25) is 0 Å². The van der Waals surface area contributed by atoms with Gasteiger partial charge >= 0.3 is 0 Å². The van der Waals surface area contributed by atoms with Crippen LogP contribution >= 0.6 is 0 Å². The van der Waals surface area contributed by atoms with Crippen molar-refractivity contribution in [3.8, 4) is 0 Å². The first-order valence-electron chi connectivity index (χ1n) is 21.1. The van der Waals surface area contributed by atoms with Crippen molar-refractivity contribution >= 4 is 66.4 Å². The van der Waals surface area contributed by atoms with Gasteiger partial charge in [-0.25, -0.2) is 0 Å². The number of anilines is 6. The summed E-state index contributed by atoms with van der Waals surface area (Å²) < 4.78 is 0. The van der Waals surface area contributed by atoms with Crippen LogP contribution in [0.5, 0.6) is 0 Å². The minimum absolute atomic E-state index is 0.0615. The predicted molar refractivity (Wildman–Crippen MR) is 254 cm³/mol. The third-order valence-corrected chi connectivity index (χ3v) is 11.9. The van der Waals surface area contributed by atoms with Crippen LogP contribution in [0.4, 0.5) is 34.1 Å². The molecule has 0 aromatic heterocycles. The molecule has 0 saturated heterocycles. The number of rotatable bonds is 8. The van der Waals surface area contributed by atoms with Gasteiger partial charge in [0.05, 0.1) is 11.4 Å². The fraction of sp³-hybridized carbons (Fsp3) is 0.250. The molecule has 0 bridgehead atoms. The third kappa shape index (κ3) is 7.37. The van der Waals surface area contributed by atoms with Gasteiger partial charge in [-0.2, -0.15) is 0 Å². The van der Waals surface area contributed by atoms with Gasteiger partial charge in [0, 0.05) is 33.5 Å². The smallest absolute Gasteiger partial charge is 0.0546 e. The van der Waals surface area contributed by atoms with Crippen LogP contribution in [0.3, 0.4) is 0 Å². The highest BCUT2D eigenvalue weighted by Gasteiger charge is 2.24. The molecule has 292 valence electrons. The van der Waals surface area contributed by atoms with E-state index in [9.17, 15) is 0 Å². The fourth-order valence-corrected chi connectivity index (χ4v) is 8.36. The molecule has 2 nitrogen and oxygen atoms in total. The molecular weight excluding hydrogens is 701 g/mol. The van der Waals surface area contributed by atoms with Crippen molar-refractivity contribution in [2.24, 2.45) is 0 Å². The zero-order chi connectivity index (χ0) is 40.9. The van der Waals surface area contributed by atoms with Crippen molar-refractivity contribution < 1.29 is 0 Å². The van der Waals surface area contributed by atoms with Crippen molar-refractivity contribution in [2.75, 3.05) is 9.80 Å². The maximum Gasteiger partial charge on any atom is 0.0546 e. The number of para-hydroxylation sites is 2. The molecule has 8 aromatic rings. The molecule has 0 heterocycles. The summed E-state index contributed by atoms with van der Waals surface area (Å²) in [5.41, 5.74) is 12.4. The van der Waals surface area contributed by atoms with E-state index in [1.165, 1.54) is 65.9 Å². The summed E-state index contributed by atoms with van der Waals surface area (Å²) in [6.45, 7) is 22.9. The van der Waals surface area contributed by atoms with Crippen LogP contribution in [0.2, 0.25) is 0 Å². The molecule has 2 heteroatoms. The lowest BCUT2D eigenvalue weighted by Gasteiger charge is -2.31. The third-order valence-electron chi connectivity index (χ3n) is 11.9. The molecule has 0 aliphatic rings. The number of hydrogen-bond acceptors (Lipinski definition) is 2. The molecule has 0 N–H and O–H groups in total. The quantitative estimate of drug-likeness (QED) is 0.142. The number of benzene rings is 8. The van der Waals surface area contributed by atoms with Crippen LogP contribution in [0.15, 0.2) is 158 Å². The van der Waals surface area contributed by atoms with E-state index in [0.29, 0.717) is 11.8 Å². The van der Waals surface area contributed by atoms with Crippen LogP contribution in [0.1, 0.15) is 103 Å². The predicted octanol–water partition coefficient (Wildman–Crippen LogP) is 16.9. The van der Waals surface area contributed by atoms with E-state index in [2.05, 4.69) is 237 Å². The molecule has 0 aliphatic heterocycles. The van der Waals surface area contributed by atoms with E-state index in [1.54, 1.807) is 0 Å². The van der Waals surface area contributed by atoms with Gasteiger partial charge in [-0.05, 0) is 127 Å². The zero-order valence-corrected chi connectivity index (χ0v) is 36.1. The Morgan fingerprint density at radius 3 is 0.948 bits per heavy atom. The Morgan fingerprint density at radius 2 is 0.638 bits per heavy atom. The average molecular weight is 759 g/mol.